The molecule has 0 fully saturated rings. The van der Waals surface area contributed by atoms with Crippen LogP contribution < -0.4 is 10.6 Å². The smallest absolute Gasteiger partial charge is 0.293 e. The van der Waals surface area contributed by atoms with Crippen molar-refractivity contribution in [3.8, 4) is 0 Å². The normalized spacial score (nSPS) is 10.4. The fourth-order valence-corrected chi connectivity index (χ4v) is 3.29. The maximum Gasteiger partial charge on any atom is 0.293 e. The maximum absolute atomic E-state index is 12.1. The summed E-state index contributed by atoms with van der Waals surface area (Å²) in [5, 5.41) is 25.1. The van der Waals surface area contributed by atoms with E-state index in [0.29, 0.717) is 15.0 Å². The highest BCUT2D eigenvalue weighted by atomic mass is 32.2. The van der Waals surface area contributed by atoms with Crippen LogP contribution in [0.15, 0.2) is 16.5 Å². The summed E-state index contributed by atoms with van der Waals surface area (Å²) in [6.07, 6.45) is 0. The Morgan fingerprint density at radius 2 is 2.13 bits per heavy atom. The zero-order valence-corrected chi connectivity index (χ0v) is 14.4. The summed E-state index contributed by atoms with van der Waals surface area (Å²) in [7, 11) is 1.74. The first-order valence-corrected chi connectivity index (χ1v) is 8.41. The molecule has 2 aromatic rings. The molecule has 0 spiro atoms. The fraction of sp³-hybridized carbons (Fsp3) is 0.308. The number of anilines is 2. The number of benzene rings is 1. The number of amides is 1. The van der Waals surface area contributed by atoms with Crippen LogP contribution in [0.5, 0.6) is 0 Å². The Morgan fingerprint density at radius 1 is 1.39 bits per heavy atom. The van der Waals surface area contributed by atoms with Crippen molar-refractivity contribution in [1.82, 2.24) is 10.2 Å². The first kappa shape index (κ1) is 17.2. The quantitative estimate of drug-likeness (QED) is 0.467. The molecule has 2 N–H and O–H groups in total. The van der Waals surface area contributed by atoms with Crippen molar-refractivity contribution in [3.05, 3.63) is 33.4 Å². The van der Waals surface area contributed by atoms with E-state index in [9.17, 15) is 14.9 Å². The Labute approximate surface area is 140 Å². The molecule has 2 rings (SSSR count). The third-order valence-corrected chi connectivity index (χ3v) is 5.20. The Balaban J connectivity index is 2.08. The Hall–Kier alpha value is -2.20. The highest BCUT2D eigenvalue weighted by Crippen LogP contribution is 2.31. The van der Waals surface area contributed by atoms with Gasteiger partial charge in [-0.2, -0.15) is 0 Å². The van der Waals surface area contributed by atoms with E-state index in [1.807, 2.05) is 6.92 Å². The SMILES string of the molecule is CNc1nnc(SCC(=O)Nc2c([N+](=O)[O-])ccc(C)c2C)s1. The molecule has 0 aliphatic heterocycles. The topological polar surface area (TPSA) is 110 Å². The second-order valence-corrected chi connectivity index (χ2v) is 6.82. The van der Waals surface area contributed by atoms with Gasteiger partial charge in [0.2, 0.25) is 11.0 Å². The van der Waals surface area contributed by atoms with E-state index in [2.05, 4.69) is 20.8 Å². The number of hydrogen-bond acceptors (Lipinski definition) is 8. The van der Waals surface area contributed by atoms with Crippen LogP contribution in [-0.4, -0.2) is 33.8 Å². The standard InChI is InChI=1S/C13H15N5O3S2/c1-7-4-5-9(18(20)21)11(8(7)2)15-10(19)6-22-13-17-16-12(14-3)23-13/h4-5H,6H2,1-3H3,(H,14,16)(H,15,19). The molecule has 10 heteroatoms. The third kappa shape index (κ3) is 4.17. The van der Waals surface area contributed by atoms with Gasteiger partial charge in [0.15, 0.2) is 4.34 Å². The number of aryl methyl sites for hydroxylation is 1. The van der Waals surface area contributed by atoms with E-state index in [0.717, 1.165) is 5.56 Å². The van der Waals surface area contributed by atoms with Crippen molar-refractivity contribution in [2.75, 3.05) is 23.4 Å². The number of nitro benzene ring substituents is 1. The molecule has 0 bridgehead atoms. The zero-order valence-electron chi connectivity index (χ0n) is 12.7. The van der Waals surface area contributed by atoms with E-state index < -0.39 is 4.92 Å². The first-order valence-electron chi connectivity index (χ1n) is 6.61. The van der Waals surface area contributed by atoms with Gasteiger partial charge >= 0.3 is 0 Å². The lowest BCUT2D eigenvalue weighted by atomic mass is 10.1. The minimum absolute atomic E-state index is 0.100. The summed E-state index contributed by atoms with van der Waals surface area (Å²) in [6, 6.07) is 3.06. The Morgan fingerprint density at radius 3 is 2.74 bits per heavy atom. The van der Waals surface area contributed by atoms with Gasteiger partial charge in [-0.05, 0) is 25.0 Å². The molecule has 23 heavy (non-hydrogen) atoms. The monoisotopic (exact) mass is 353 g/mol. The summed E-state index contributed by atoms with van der Waals surface area (Å²) in [5.74, 6) is -0.226. The lowest BCUT2D eigenvalue weighted by molar-refractivity contribution is -0.384. The predicted molar refractivity (Wildman–Crippen MR) is 91.4 cm³/mol. The largest absolute Gasteiger partial charge is 0.363 e. The minimum Gasteiger partial charge on any atom is -0.363 e. The minimum atomic E-state index is -0.501. The highest BCUT2D eigenvalue weighted by Gasteiger charge is 2.19. The van der Waals surface area contributed by atoms with Crippen LogP contribution in [0.25, 0.3) is 0 Å². The van der Waals surface area contributed by atoms with Crippen molar-refractivity contribution in [2.45, 2.75) is 18.2 Å². The van der Waals surface area contributed by atoms with Gasteiger partial charge in [0.1, 0.15) is 5.69 Å². The van der Waals surface area contributed by atoms with Crippen LogP contribution in [0.2, 0.25) is 0 Å². The summed E-state index contributed by atoms with van der Waals surface area (Å²) in [6.45, 7) is 3.58. The molecule has 1 aromatic heterocycles. The third-order valence-electron chi connectivity index (χ3n) is 3.12. The van der Waals surface area contributed by atoms with Crippen molar-refractivity contribution in [3.63, 3.8) is 0 Å². The molecular weight excluding hydrogens is 338 g/mol. The summed E-state index contributed by atoms with van der Waals surface area (Å²) in [5.41, 5.74) is 1.70. The number of rotatable bonds is 6. The van der Waals surface area contributed by atoms with Crippen molar-refractivity contribution in [2.24, 2.45) is 0 Å². The van der Waals surface area contributed by atoms with E-state index in [4.69, 9.17) is 0 Å². The van der Waals surface area contributed by atoms with Gasteiger partial charge in [-0.1, -0.05) is 29.2 Å². The molecule has 1 heterocycles. The van der Waals surface area contributed by atoms with E-state index in [1.54, 1.807) is 20.0 Å². The number of hydrogen-bond donors (Lipinski definition) is 2. The number of nitrogens with one attached hydrogen (secondary N) is 2. The number of nitrogens with zero attached hydrogens (tertiary/aromatic N) is 3. The summed E-state index contributed by atoms with van der Waals surface area (Å²) in [4.78, 5) is 22.7. The number of carbonyl (C=O) groups is 1. The van der Waals surface area contributed by atoms with Gasteiger partial charge in [0.25, 0.3) is 5.69 Å². The molecule has 0 radical (unpaired) electrons. The van der Waals surface area contributed by atoms with Gasteiger partial charge in [-0.15, -0.1) is 10.2 Å². The average molecular weight is 353 g/mol. The molecule has 0 atom stereocenters. The van der Waals surface area contributed by atoms with Gasteiger partial charge in [0.05, 0.1) is 10.7 Å². The zero-order chi connectivity index (χ0) is 17.0. The summed E-state index contributed by atoms with van der Waals surface area (Å²) < 4.78 is 0.653. The van der Waals surface area contributed by atoms with Crippen molar-refractivity contribution in [1.29, 1.82) is 0 Å². The fourth-order valence-electron chi connectivity index (χ4n) is 1.78. The molecule has 0 aliphatic rings. The lowest BCUT2D eigenvalue weighted by Gasteiger charge is -2.10. The molecule has 0 saturated heterocycles. The second-order valence-electron chi connectivity index (χ2n) is 4.62. The molecule has 1 aromatic carbocycles. The van der Waals surface area contributed by atoms with Crippen LogP contribution >= 0.6 is 23.1 Å². The highest BCUT2D eigenvalue weighted by molar-refractivity contribution is 8.01. The van der Waals surface area contributed by atoms with Crippen LogP contribution in [0.4, 0.5) is 16.5 Å². The number of aromatic nitrogens is 2. The molecule has 8 nitrogen and oxygen atoms in total. The van der Waals surface area contributed by atoms with E-state index >= 15 is 0 Å². The average Bonchev–Trinajstić information content (AvgIpc) is 2.97. The Kier molecular flexibility index (Phi) is 5.50. The predicted octanol–water partition coefficient (Wildman–Crippen LogP) is 2.84. The first-order chi connectivity index (χ1) is 10.9. The lowest BCUT2D eigenvalue weighted by Crippen LogP contribution is -2.16. The molecule has 0 saturated carbocycles. The van der Waals surface area contributed by atoms with Crippen LogP contribution in [0.1, 0.15) is 11.1 Å². The molecule has 1 amide bonds. The van der Waals surface area contributed by atoms with Crippen LogP contribution in [-0.2, 0) is 4.79 Å². The van der Waals surface area contributed by atoms with Crippen molar-refractivity contribution >= 4 is 45.5 Å². The van der Waals surface area contributed by atoms with E-state index in [-0.39, 0.29) is 23.0 Å². The number of thioether (sulfide) groups is 1. The van der Waals surface area contributed by atoms with Crippen LogP contribution in [0, 0.1) is 24.0 Å². The Bertz CT molecular complexity index is 747. The van der Waals surface area contributed by atoms with Crippen molar-refractivity contribution < 1.29 is 9.72 Å². The summed E-state index contributed by atoms with van der Waals surface area (Å²) >= 11 is 2.57. The van der Waals surface area contributed by atoms with Gasteiger partial charge in [0, 0.05) is 13.1 Å². The molecule has 0 unspecified atom stereocenters. The van der Waals surface area contributed by atoms with Crippen LogP contribution in [0.3, 0.4) is 0 Å². The molecule has 0 aliphatic carbocycles. The second kappa shape index (κ2) is 7.38. The molecule has 122 valence electrons. The molecular formula is C13H15N5O3S2. The number of nitro groups is 1. The number of carbonyl (C=O) groups excluding carboxylic acids is 1. The van der Waals surface area contributed by atoms with Gasteiger partial charge < -0.3 is 10.6 Å². The van der Waals surface area contributed by atoms with Gasteiger partial charge in [-0.25, -0.2) is 0 Å². The van der Waals surface area contributed by atoms with Gasteiger partial charge in [-0.3, -0.25) is 14.9 Å². The van der Waals surface area contributed by atoms with E-state index in [1.165, 1.54) is 29.2 Å². The maximum atomic E-state index is 12.1.